The number of rotatable bonds is 5. The third-order valence-corrected chi connectivity index (χ3v) is 5.22. The molecule has 5 nitrogen and oxygen atoms in total. The Hall–Kier alpha value is -2.76. The second-order valence-corrected chi connectivity index (χ2v) is 7.45. The van der Waals surface area contributed by atoms with E-state index in [1.165, 1.54) is 11.1 Å². The minimum absolute atomic E-state index is 0.0538. The zero-order valence-electron chi connectivity index (χ0n) is 16.3. The molecule has 1 aliphatic rings. The standard InChI is InChI=1S/C23H26N4O/c1-19-6-5-7-20(16-19)17-25-12-14-26(15-13-25)18-27-23(28)11-10-22(24-27)21-8-3-2-4-9-21/h2-11,16H,12-15,17-18H2,1H3. The summed E-state index contributed by atoms with van der Waals surface area (Å²) in [6.45, 7) is 7.54. The molecule has 2 heterocycles. The maximum Gasteiger partial charge on any atom is 0.268 e. The fourth-order valence-corrected chi connectivity index (χ4v) is 3.66. The average molecular weight is 374 g/mol. The van der Waals surface area contributed by atoms with Gasteiger partial charge in [0.05, 0.1) is 12.4 Å². The first-order chi connectivity index (χ1) is 13.7. The molecule has 1 saturated heterocycles. The first-order valence-electron chi connectivity index (χ1n) is 9.81. The number of nitrogens with zero attached hydrogens (tertiary/aromatic N) is 4. The Morgan fingerprint density at radius 2 is 1.61 bits per heavy atom. The SMILES string of the molecule is Cc1cccc(CN2CCN(Cn3nc(-c4ccccc4)ccc3=O)CC2)c1. The fraction of sp³-hybridized carbons (Fsp3) is 0.304. The molecule has 0 unspecified atom stereocenters. The Balaban J connectivity index is 1.38. The summed E-state index contributed by atoms with van der Waals surface area (Å²) >= 11 is 0. The van der Waals surface area contributed by atoms with Crippen molar-refractivity contribution in [2.45, 2.75) is 20.1 Å². The zero-order valence-corrected chi connectivity index (χ0v) is 16.3. The van der Waals surface area contributed by atoms with Gasteiger partial charge in [-0.25, -0.2) is 4.68 Å². The maximum atomic E-state index is 12.3. The molecule has 1 aliphatic heterocycles. The topological polar surface area (TPSA) is 41.4 Å². The van der Waals surface area contributed by atoms with Gasteiger partial charge < -0.3 is 0 Å². The molecule has 0 atom stereocenters. The smallest absolute Gasteiger partial charge is 0.268 e. The fourth-order valence-electron chi connectivity index (χ4n) is 3.66. The summed E-state index contributed by atoms with van der Waals surface area (Å²) in [6, 6.07) is 22.1. The lowest BCUT2D eigenvalue weighted by atomic mass is 10.1. The lowest BCUT2D eigenvalue weighted by molar-refractivity contribution is 0.0971. The van der Waals surface area contributed by atoms with Crippen molar-refractivity contribution in [2.24, 2.45) is 0 Å². The van der Waals surface area contributed by atoms with Crippen LogP contribution in [-0.2, 0) is 13.2 Å². The van der Waals surface area contributed by atoms with Crippen molar-refractivity contribution < 1.29 is 0 Å². The van der Waals surface area contributed by atoms with Gasteiger partial charge in [0.15, 0.2) is 0 Å². The molecule has 0 saturated carbocycles. The van der Waals surface area contributed by atoms with Crippen molar-refractivity contribution in [1.29, 1.82) is 0 Å². The highest BCUT2D eigenvalue weighted by Gasteiger charge is 2.18. The molecule has 144 valence electrons. The van der Waals surface area contributed by atoms with Crippen molar-refractivity contribution in [3.63, 3.8) is 0 Å². The van der Waals surface area contributed by atoms with Crippen LogP contribution in [0.25, 0.3) is 11.3 Å². The van der Waals surface area contributed by atoms with Crippen molar-refractivity contribution in [3.8, 4) is 11.3 Å². The minimum atomic E-state index is -0.0538. The van der Waals surface area contributed by atoms with E-state index in [0.717, 1.165) is 44.0 Å². The zero-order chi connectivity index (χ0) is 19.3. The molecule has 1 aromatic heterocycles. The summed E-state index contributed by atoms with van der Waals surface area (Å²) < 4.78 is 1.58. The summed E-state index contributed by atoms with van der Waals surface area (Å²) in [4.78, 5) is 17.1. The lowest BCUT2D eigenvalue weighted by Gasteiger charge is -2.34. The third-order valence-electron chi connectivity index (χ3n) is 5.22. The average Bonchev–Trinajstić information content (AvgIpc) is 2.72. The highest BCUT2D eigenvalue weighted by Crippen LogP contribution is 2.14. The molecule has 0 radical (unpaired) electrons. The predicted molar refractivity (Wildman–Crippen MR) is 112 cm³/mol. The van der Waals surface area contributed by atoms with Gasteiger partial charge in [-0.15, -0.1) is 0 Å². The predicted octanol–water partition coefficient (Wildman–Crippen LogP) is 2.99. The van der Waals surface area contributed by atoms with Crippen LogP contribution in [0.1, 0.15) is 11.1 Å². The van der Waals surface area contributed by atoms with Crippen LogP contribution in [0, 0.1) is 6.92 Å². The second kappa shape index (κ2) is 8.50. The number of hydrogen-bond acceptors (Lipinski definition) is 4. The number of piperazine rings is 1. The van der Waals surface area contributed by atoms with E-state index in [1.807, 2.05) is 30.3 Å². The van der Waals surface area contributed by atoms with Gasteiger partial charge in [0.25, 0.3) is 5.56 Å². The molecular formula is C23H26N4O. The van der Waals surface area contributed by atoms with E-state index < -0.39 is 0 Å². The molecule has 0 spiro atoms. The maximum absolute atomic E-state index is 12.3. The largest absolute Gasteiger partial charge is 0.297 e. The van der Waals surface area contributed by atoms with Crippen LogP contribution in [0.4, 0.5) is 0 Å². The van der Waals surface area contributed by atoms with Gasteiger partial charge in [0.1, 0.15) is 0 Å². The molecule has 3 aromatic rings. The van der Waals surface area contributed by atoms with E-state index >= 15 is 0 Å². The number of hydrogen-bond donors (Lipinski definition) is 0. The molecule has 0 aliphatic carbocycles. The van der Waals surface area contributed by atoms with Gasteiger partial charge >= 0.3 is 0 Å². The Labute approximate surface area is 165 Å². The van der Waals surface area contributed by atoms with Gasteiger partial charge in [-0.1, -0.05) is 60.2 Å². The highest BCUT2D eigenvalue weighted by atomic mass is 16.1. The van der Waals surface area contributed by atoms with Gasteiger partial charge in [-0.2, -0.15) is 5.10 Å². The van der Waals surface area contributed by atoms with Crippen LogP contribution >= 0.6 is 0 Å². The molecule has 0 bridgehead atoms. The van der Waals surface area contributed by atoms with E-state index in [0.29, 0.717) is 6.67 Å². The molecule has 28 heavy (non-hydrogen) atoms. The van der Waals surface area contributed by atoms with Crippen molar-refractivity contribution in [2.75, 3.05) is 26.2 Å². The van der Waals surface area contributed by atoms with E-state index in [9.17, 15) is 4.79 Å². The summed E-state index contributed by atoms with van der Waals surface area (Å²) in [7, 11) is 0. The number of benzene rings is 2. The summed E-state index contributed by atoms with van der Waals surface area (Å²) in [5.41, 5.74) is 4.47. The van der Waals surface area contributed by atoms with E-state index in [2.05, 4.69) is 46.1 Å². The first-order valence-corrected chi connectivity index (χ1v) is 9.81. The van der Waals surface area contributed by atoms with Gasteiger partial charge in [0.2, 0.25) is 0 Å². The third kappa shape index (κ3) is 4.55. The van der Waals surface area contributed by atoms with Crippen LogP contribution in [0.2, 0.25) is 0 Å². The van der Waals surface area contributed by atoms with Gasteiger partial charge in [-0.05, 0) is 18.6 Å². The highest BCUT2D eigenvalue weighted by molar-refractivity contribution is 5.57. The number of aryl methyl sites for hydroxylation is 1. The molecule has 5 heteroatoms. The molecule has 1 fully saturated rings. The molecule has 2 aromatic carbocycles. The van der Waals surface area contributed by atoms with Gasteiger partial charge in [0, 0.05) is 44.4 Å². The van der Waals surface area contributed by atoms with Crippen molar-refractivity contribution in [1.82, 2.24) is 19.6 Å². The second-order valence-electron chi connectivity index (χ2n) is 7.45. The Kier molecular flexibility index (Phi) is 5.65. The first kappa shape index (κ1) is 18.6. The monoisotopic (exact) mass is 374 g/mol. The Morgan fingerprint density at radius 1 is 0.857 bits per heavy atom. The molecule has 0 N–H and O–H groups in total. The summed E-state index contributed by atoms with van der Waals surface area (Å²) in [6.07, 6.45) is 0. The molecular weight excluding hydrogens is 348 g/mol. The lowest BCUT2D eigenvalue weighted by Crippen LogP contribution is -2.47. The Morgan fingerprint density at radius 3 is 2.36 bits per heavy atom. The van der Waals surface area contributed by atoms with Gasteiger partial charge in [-0.3, -0.25) is 14.6 Å². The molecule has 0 amide bonds. The normalized spacial score (nSPS) is 15.6. The molecule has 4 rings (SSSR count). The van der Waals surface area contributed by atoms with E-state index in [4.69, 9.17) is 0 Å². The van der Waals surface area contributed by atoms with Crippen LogP contribution < -0.4 is 5.56 Å². The summed E-state index contributed by atoms with van der Waals surface area (Å²) in [5.74, 6) is 0. The van der Waals surface area contributed by atoms with E-state index in [1.54, 1.807) is 16.8 Å². The van der Waals surface area contributed by atoms with E-state index in [-0.39, 0.29) is 5.56 Å². The van der Waals surface area contributed by atoms with Crippen LogP contribution in [0.5, 0.6) is 0 Å². The summed E-state index contributed by atoms with van der Waals surface area (Å²) in [5, 5.41) is 4.58. The van der Waals surface area contributed by atoms with Crippen molar-refractivity contribution >= 4 is 0 Å². The van der Waals surface area contributed by atoms with Crippen LogP contribution in [0.15, 0.2) is 71.5 Å². The van der Waals surface area contributed by atoms with Crippen LogP contribution in [0.3, 0.4) is 0 Å². The Bertz CT molecular complexity index is 975. The quantitative estimate of drug-likeness (QED) is 0.688. The number of aromatic nitrogens is 2. The van der Waals surface area contributed by atoms with Crippen LogP contribution in [-0.4, -0.2) is 45.8 Å². The minimum Gasteiger partial charge on any atom is -0.297 e. The van der Waals surface area contributed by atoms with Crippen molar-refractivity contribution in [3.05, 3.63) is 88.2 Å².